The minimum Gasteiger partial charge on any atom is -0.493 e. The van der Waals surface area contributed by atoms with Gasteiger partial charge < -0.3 is 24.4 Å². The van der Waals surface area contributed by atoms with Crippen LogP contribution in [0.25, 0.3) is 0 Å². The van der Waals surface area contributed by atoms with Crippen molar-refractivity contribution < 1.29 is 28.6 Å². The van der Waals surface area contributed by atoms with Crippen molar-refractivity contribution in [3.8, 4) is 5.75 Å². The molecule has 1 N–H and O–H groups in total. The van der Waals surface area contributed by atoms with Crippen LogP contribution in [-0.2, 0) is 19.1 Å². The molecule has 1 aliphatic heterocycles. The number of nitrogens with zero attached hydrogens (tertiary/aromatic N) is 2. The molecule has 2 amide bonds. The van der Waals surface area contributed by atoms with Crippen LogP contribution in [0.2, 0.25) is 0 Å². The molecule has 1 fully saturated rings. The summed E-state index contributed by atoms with van der Waals surface area (Å²) in [5.41, 5.74) is -0.682. The van der Waals surface area contributed by atoms with Gasteiger partial charge in [-0.05, 0) is 46.7 Å². The number of alkyl carbamates (subject to hydrolysis) is 1. The Morgan fingerprint density at radius 3 is 2.70 bits per heavy atom. The van der Waals surface area contributed by atoms with Crippen LogP contribution in [0.1, 0.15) is 33.1 Å². The van der Waals surface area contributed by atoms with E-state index in [4.69, 9.17) is 14.2 Å². The van der Waals surface area contributed by atoms with Crippen LogP contribution in [0.4, 0.5) is 4.79 Å². The minimum atomic E-state index is -0.900. The van der Waals surface area contributed by atoms with E-state index in [1.807, 2.05) is 13.8 Å². The van der Waals surface area contributed by atoms with Crippen LogP contribution < -0.4 is 10.1 Å². The summed E-state index contributed by atoms with van der Waals surface area (Å²) in [6, 6.07) is 1.93. The number of carbonyl (C=O) groups is 3. The summed E-state index contributed by atoms with van der Waals surface area (Å²) in [4.78, 5) is 42.9. The summed E-state index contributed by atoms with van der Waals surface area (Å²) in [6.07, 6.45) is 2.59. The van der Waals surface area contributed by atoms with Crippen LogP contribution in [-0.4, -0.2) is 67.3 Å². The number of hydrogen-bond donors (Lipinski definition) is 1. The molecule has 166 valence electrons. The van der Waals surface area contributed by atoms with E-state index in [1.165, 1.54) is 19.1 Å². The molecule has 9 nitrogen and oxygen atoms in total. The molecular formula is C20H28BrN3O6. The van der Waals surface area contributed by atoms with E-state index in [1.54, 1.807) is 18.3 Å². The predicted octanol–water partition coefficient (Wildman–Crippen LogP) is 2.53. The van der Waals surface area contributed by atoms with Crippen LogP contribution in [0.3, 0.4) is 0 Å². The first-order chi connectivity index (χ1) is 14.2. The van der Waals surface area contributed by atoms with Crippen molar-refractivity contribution in [3.05, 3.63) is 22.9 Å². The van der Waals surface area contributed by atoms with Crippen molar-refractivity contribution in [2.45, 2.75) is 45.2 Å². The van der Waals surface area contributed by atoms with Gasteiger partial charge >= 0.3 is 12.1 Å². The normalized spacial score (nSPS) is 17.2. The molecule has 1 aliphatic rings. The van der Waals surface area contributed by atoms with Gasteiger partial charge in [0.2, 0.25) is 5.91 Å². The third-order valence-corrected chi connectivity index (χ3v) is 5.63. The molecule has 1 aromatic rings. The smallest absolute Gasteiger partial charge is 0.407 e. The first-order valence-corrected chi connectivity index (χ1v) is 10.5. The van der Waals surface area contributed by atoms with Crippen LogP contribution in [0.5, 0.6) is 5.75 Å². The topological polar surface area (TPSA) is 107 Å². The number of ether oxygens (including phenoxy) is 3. The molecule has 1 aromatic heterocycles. The largest absolute Gasteiger partial charge is 0.493 e. The van der Waals surface area contributed by atoms with Gasteiger partial charge in [0, 0.05) is 18.8 Å². The van der Waals surface area contributed by atoms with E-state index >= 15 is 0 Å². The highest BCUT2D eigenvalue weighted by molar-refractivity contribution is 9.10. The molecule has 2 atom stereocenters. The number of halogens is 1. The fourth-order valence-corrected chi connectivity index (χ4v) is 3.74. The third-order valence-electron chi connectivity index (χ3n) is 5.20. The number of likely N-dealkylation sites (tertiary alicyclic amines) is 1. The van der Waals surface area contributed by atoms with Gasteiger partial charge in [0.25, 0.3) is 0 Å². The van der Waals surface area contributed by atoms with Gasteiger partial charge in [-0.1, -0.05) is 13.8 Å². The Kier molecular flexibility index (Phi) is 8.45. The zero-order chi connectivity index (χ0) is 22.3. The Hall–Kier alpha value is -2.36. The Balaban J connectivity index is 2.13. The van der Waals surface area contributed by atoms with Crippen molar-refractivity contribution in [1.29, 1.82) is 0 Å². The van der Waals surface area contributed by atoms with Crippen LogP contribution in [0.15, 0.2) is 22.9 Å². The highest BCUT2D eigenvalue weighted by Crippen LogP contribution is 2.30. The van der Waals surface area contributed by atoms with E-state index in [-0.39, 0.29) is 5.91 Å². The lowest BCUT2D eigenvalue weighted by atomic mass is 9.80. The Morgan fingerprint density at radius 2 is 2.07 bits per heavy atom. The molecular weight excluding hydrogens is 458 g/mol. The second kappa shape index (κ2) is 10.6. The van der Waals surface area contributed by atoms with E-state index in [0.29, 0.717) is 42.8 Å². The number of esters is 1. The van der Waals surface area contributed by atoms with E-state index in [9.17, 15) is 14.4 Å². The van der Waals surface area contributed by atoms with E-state index in [2.05, 4.69) is 26.2 Å². The quantitative estimate of drug-likeness (QED) is 0.445. The zero-order valence-electron chi connectivity index (χ0n) is 17.6. The number of aromatic nitrogens is 1. The molecule has 0 radical (unpaired) electrons. The lowest BCUT2D eigenvalue weighted by molar-refractivity contribution is -0.152. The standard InChI is InChI=1S/C20H28BrN3O6/c1-20(2,8-11-30-13-7-9-22-15(21)12-13)16(23-19(27)29-4)17(25)24-10-5-6-14(24)18(26)28-3/h7,9,12,14,16H,5-6,8,10-11H2,1-4H3,(H,23,27). The van der Waals surface area contributed by atoms with Crippen molar-refractivity contribution >= 4 is 33.9 Å². The number of hydrogen-bond acceptors (Lipinski definition) is 7. The van der Waals surface area contributed by atoms with E-state index in [0.717, 1.165) is 0 Å². The highest BCUT2D eigenvalue weighted by Gasteiger charge is 2.44. The number of methoxy groups -OCH3 is 2. The summed E-state index contributed by atoms with van der Waals surface area (Å²) in [5, 5.41) is 2.64. The summed E-state index contributed by atoms with van der Waals surface area (Å²) < 4.78 is 16.0. The maximum Gasteiger partial charge on any atom is 0.407 e. The van der Waals surface area contributed by atoms with Crippen molar-refractivity contribution in [2.75, 3.05) is 27.4 Å². The number of rotatable bonds is 8. The molecule has 10 heteroatoms. The summed E-state index contributed by atoms with van der Waals surface area (Å²) in [7, 11) is 2.54. The van der Waals surface area contributed by atoms with E-state index < -0.39 is 29.6 Å². The minimum absolute atomic E-state index is 0.316. The van der Waals surface area contributed by atoms with Gasteiger partial charge in [0.1, 0.15) is 22.4 Å². The Bertz CT molecular complexity index is 773. The summed E-state index contributed by atoms with van der Waals surface area (Å²) >= 11 is 3.29. The Labute approximate surface area is 184 Å². The molecule has 1 saturated heterocycles. The van der Waals surface area contributed by atoms with Gasteiger partial charge in [0.05, 0.1) is 20.8 Å². The molecule has 2 rings (SSSR count). The number of carbonyl (C=O) groups excluding carboxylic acids is 3. The van der Waals surface area contributed by atoms with Crippen LogP contribution in [0, 0.1) is 5.41 Å². The lowest BCUT2D eigenvalue weighted by Crippen LogP contribution is -2.57. The third kappa shape index (κ3) is 6.07. The predicted molar refractivity (Wildman–Crippen MR) is 112 cm³/mol. The number of pyridine rings is 1. The molecule has 0 saturated carbocycles. The molecule has 30 heavy (non-hydrogen) atoms. The fourth-order valence-electron chi connectivity index (χ4n) is 3.40. The summed E-state index contributed by atoms with van der Waals surface area (Å²) in [6.45, 7) is 4.47. The van der Waals surface area contributed by atoms with Crippen molar-refractivity contribution in [1.82, 2.24) is 15.2 Å². The summed E-state index contributed by atoms with van der Waals surface area (Å²) in [5.74, 6) is -0.159. The number of nitrogens with one attached hydrogen (secondary N) is 1. The highest BCUT2D eigenvalue weighted by atomic mass is 79.9. The molecule has 2 unspecified atom stereocenters. The van der Waals surface area contributed by atoms with Gasteiger partial charge in [-0.2, -0.15) is 0 Å². The van der Waals surface area contributed by atoms with Gasteiger partial charge in [-0.25, -0.2) is 14.6 Å². The van der Waals surface area contributed by atoms with Gasteiger partial charge in [-0.3, -0.25) is 4.79 Å². The lowest BCUT2D eigenvalue weighted by Gasteiger charge is -2.37. The van der Waals surface area contributed by atoms with Gasteiger partial charge in [-0.15, -0.1) is 0 Å². The van der Waals surface area contributed by atoms with Crippen molar-refractivity contribution in [2.24, 2.45) is 5.41 Å². The molecule has 0 aliphatic carbocycles. The number of amides is 2. The Morgan fingerprint density at radius 1 is 1.33 bits per heavy atom. The molecule has 0 bridgehead atoms. The average molecular weight is 486 g/mol. The molecule has 0 spiro atoms. The maximum atomic E-state index is 13.3. The van der Waals surface area contributed by atoms with Gasteiger partial charge in [0.15, 0.2) is 0 Å². The van der Waals surface area contributed by atoms with Crippen LogP contribution >= 0.6 is 15.9 Å². The first kappa shape index (κ1) is 23.9. The first-order valence-electron chi connectivity index (χ1n) is 9.66. The monoisotopic (exact) mass is 485 g/mol. The molecule has 0 aromatic carbocycles. The fraction of sp³-hybridized carbons (Fsp3) is 0.600. The van der Waals surface area contributed by atoms with Crippen molar-refractivity contribution in [3.63, 3.8) is 0 Å². The maximum absolute atomic E-state index is 13.3. The second-order valence-electron chi connectivity index (χ2n) is 7.68. The average Bonchev–Trinajstić information content (AvgIpc) is 3.20. The molecule has 2 heterocycles. The second-order valence-corrected chi connectivity index (χ2v) is 8.50. The SMILES string of the molecule is COC(=O)NC(C(=O)N1CCCC1C(=O)OC)C(C)(C)CCOc1ccnc(Br)c1. The zero-order valence-corrected chi connectivity index (χ0v) is 19.2.